The monoisotopic (exact) mass is 353 g/mol. The van der Waals surface area contributed by atoms with Gasteiger partial charge in [0.25, 0.3) is 0 Å². The van der Waals surface area contributed by atoms with Gasteiger partial charge in [0.15, 0.2) is 0 Å². The van der Waals surface area contributed by atoms with Gasteiger partial charge in [0, 0.05) is 16.8 Å². The topological polar surface area (TPSA) is 66.4 Å². The summed E-state index contributed by atoms with van der Waals surface area (Å²) >= 11 is 3.41. The molecular weight excluding hydrogens is 334 g/mol. The molecule has 114 valence electrons. The molecule has 0 saturated heterocycles. The summed E-state index contributed by atoms with van der Waals surface area (Å²) in [5, 5.41) is 12.0. The minimum Gasteiger partial charge on any atom is -0.480 e. The van der Waals surface area contributed by atoms with E-state index in [1.807, 2.05) is 24.3 Å². The van der Waals surface area contributed by atoms with Crippen molar-refractivity contribution in [3.05, 3.63) is 34.3 Å². The second kappa shape index (κ2) is 7.59. The molecule has 1 fully saturated rings. The Labute approximate surface area is 133 Å². The van der Waals surface area contributed by atoms with Crippen LogP contribution in [-0.4, -0.2) is 23.0 Å². The van der Waals surface area contributed by atoms with E-state index in [4.69, 9.17) is 0 Å². The molecule has 0 aliphatic heterocycles. The molecule has 0 bridgehead atoms. The summed E-state index contributed by atoms with van der Waals surface area (Å²) in [5.41, 5.74) is 0.883. The van der Waals surface area contributed by atoms with Crippen molar-refractivity contribution >= 4 is 27.8 Å². The minimum atomic E-state index is -0.991. The maximum Gasteiger partial charge on any atom is 0.326 e. The Morgan fingerprint density at radius 2 is 1.90 bits per heavy atom. The lowest BCUT2D eigenvalue weighted by atomic mass is 9.88. The van der Waals surface area contributed by atoms with E-state index in [1.165, 1.54) is 6.42 Å². The van der Waals surface area contributed by atoms with Crippen LogP contribution in [0.3, 0.4) is 0 Å². The van der Waals surface area contributed by atoms with Gasteiger partial charge in [0.2, 0.25) is 5.91 Å². The standard InChI is InChI=1S/C16H20BrNO3/c17-13-9-5-4-8-12(13)10-14(16(20)21)18-15(19)11-6-2-1-3-7-11/h4-5,8-9,11,14H,1-3,6-7,10H2,(H,18,19)(H,20,21)/t14-/m1/s1. The summed E-state index contributed by atoms with van der Waals surface area (Å²) in [6, 6.07) is 6.61. The van der Waals surface area contributed by atoms with Crippen LogP contribution in [0, 0.1) is 5.92 Å². The first-order chi connectivity index (χ1) is 10.1. The molecule has 5 heteroatoms. The molecule has 1 aromatic carbocycles. The highest BCUT2D eigenvalue weighted by Crippen LogP contribution is 2.24. The predicted molar refractivity (Wildman–Crippen MR) is 84.0 cm³/mol. The van der Waals surface area contributed by atoms with Crippen LogP contribution in [0.5, 0.6) is 0 Å². The van der Waals surface area contributed by atoms with Crippen LogP contribution in [0.1, 0.15) is 37.7 Å². The van der Waals surface area contributed by atoms with Crippen LogP contribution >= 0.6 is 15.9 Å². The Bertz CT molecular complexity index is 512. The quantitative estimate of drug-likeness (QED) is 0.854. The lowest BCUT2D eigenvalue weighted by Crippen LogP contribution is -2.45. The Balaban J connectivity index is 2.00. The molecule has 2 rings (SSSR count). The number of benzene rings is 1. The fraction of sp³-hybridized carbons (Fsp3) is 0.500. The zero-order valence-corrected chi connectivity index (χ0v) is 13.4. The van der Waals surface area contributed by atoms with Crippen LogP contribution in [0.25, 0.3) is 0 Å². The fourth-order valence-electron chi connectivity index (χ4n) is 2.74. The van der Waals surface area contributed by atoms with E-state index in [1.54, 1.807) is 0 Å². The minimum absolute atomic E-state index is 0.0279. The number of carbonyl (C=O) groups excluding carboxylic acids is 1. The van der Waals surface area contributed by atoms with Crippen LogP contribution in [0.2, 0.25) is 0 Å². The largest absolute Gasteiger partial charge is 0.480 e. The molecule has 1 amide bonds. The average molecular weight is 354 g/mol. The number of carboxylic acid groups (broad SMARTS) is 1. The number of nitrogens with one attached hydrogen (secondary N) is 1. The summed E-state index contributed by atoms with van der Waals surface area (Å²) in [6.07, 6.45) is 5.30. The van der Waals surface area contributed by atoms with Crippen LogP contribution in [0.4, 0.5) is 0 Å². The third-order valence-corrected chi connectivity index (χ3v) is 4.75. The molecule has 1 saturated carbocycles. The number of amides is 1. The van der Waals surface area contributed by atoms with Gasteiger partial charge in [-0.15, -0.1) is 0 Å². The number of hydrogen-bond donors (Lipinski definition) is 2. The van der Waals surface area contributed by atoms with Gasteiger partial charge < -0.3 is 10.4 Å². The van der Waals surface area contributed by atoms with Gasteiger partial charge in [-0.05, 0) is 24.5 Å². The van der Waals surface area contributed by atoms with Gasteiger partial charge in [-0.25, -0.2) is 4.79 Å². The third-order valence-electron chi connectivity index (χ3n) is 3.97. The molecule has 0 aromatic heterocycles. The highest BCUT2D eigenvalue weighted by atomic mass is 79.9. The van der Waals surface area contributed by atoms with Crippen molar-refractivity contribution < 1.29 is 14.7 Å². The maximum absolute atomic E-state index is 12.2. The van der Waals surface area contributed by atoms with E-state index in [2.05, 4.69) is 21.2 Å². The third kappa shape index (κ3) is 4.56. The molecule has 1 atom stereocenters. The zero-order chi connectivity index (χ0) is 15.2. The molecule has 1 aliphatic rings. The lowest BCUT2D eigenvalue weighted by Gasteiger charge is -2.23. The number of rotatable bonds is 5. The van der Waals surface area contributed by atoms with E-state index in [-0.39, 0.29) is 18.2 Å². The van der Waals surface area contributed by atoms with Crippen molar-refractivity contribution in [2.45, 2.75) is 44.6 Å². The summed E-state index contributed by atoms with van der Waals surface area (Å²) in [7, 11) is 0. The first-order valence-electron chi connectivity index (χ1n) is 7.34. The van der Waals surface area contributed by atoms with Crippen molar-refractivity contribution in [1.82, 2.24) is 5.32 Å². The average Bonchev–Trinajstić information content (AvgIpc) is 2.49. The van der Waals surface area contributed by atoms with E-state index < -0.39 is 12.0 Å². The van der Waals surface area contributed by atoms with Gasteiger partial charge in [0.1, 0.15) is 6.04 Å². The SMILES string of the molecule is O=C(N[C@H](Cc1ccccc1Br)C(=O)O)C1CCCCC1. The highest BCUT2D eigenvalue weighted by Gasteiger charge is 2.26. The summed E-state index contributed by atoms with van der Waals surface area (Å²) < 4.78 is 0.864. The Hall–Kier alpha value is -1.36. The predicted octanol–water partition coefficient (Wildman–Crippen LogP) is 3.14. The van der Waals surface area contributed by atoms with Crippen molar-refractivity contribution in [1.29, 1.82) is 0 Å². The zero-order valence-electron chi connectivity index (χ0n) is 11.8. The van der Waals surface area contributed by atoms with Gasteiger partial charge >= 0.3 is 5.97 Å². The van der Waals surface area contributed by atoms with E-state index >= 15 is 0 Å². The molecule has 0 heterocycles. The van der Waals surface area contributed by atoms with Crippen LogP contribution in [0.15, 0.2) is 28.7 Å². The Kier molecular flexibility index (Phi) is 5.79. The Morgan fingerprint density at radius 3 is 2.52 bits per heavy atom. The van der Waals surface area contributed by atoms with Gasteiger partial charge in [0.05, 0.1) is 0 Å². The first-order valence-corrected chi connectivity index (χ1v) is 8.14. The summed E-state index contributed by atoms with van der Waals surface area (Å²) in [5.74, 6) is -1.14. The molecule has 21 heavy (non-hydrogen) atoms. The number of carbonyl (C=O) groups is 2. The smallest absolute Gasteiger partial charge is 0.326 e. The number of halogens is 1. The number of hydrogen-bond acceptors (Lipinski definition) is 2. The van der Waals surface area contributed by atoms with Gasteiger partial charge in [-0.3, -0.25) is 4.79 Å². The van der Waals surface area contributed by atoms with E-state index in [9.17, 15) is 14.7 Å². The summed E-state index contributed by atoms with van der Waals surface area (Å²) in [6.45, 7) is 0. The molecule has 1 aliphatic carbocycles. The normalized spacial score (nSPS) is 17.2. The molecule has 0 radical (unpaired) electrons. The summed E-state index contributed by atoms with van der Waals surface area (Å²) in [4.78, 5) is 23.6. The Morgan fingerprint density at radius 1 is 1.24 bits per heavy atom. The molecule has 0 spiro atoms. The molecular formula is C16H20BrNO3. The molecule has 0 unspecified atom stereocenters. The number of carboxylic acids is 1. The van der Waals surface area contributed by atoms with Crippen molar-refractivity contribution in [3.8, 4) is 0 Å². The van der Waals surface area contributed by atoms with Crippen molar-refractivity contribution in [2.75, 3.05) is 0 Å². The number of aliphatic carboxylic acids is 1. The molecule has 2 N–H and O–H groups in total. The van der Waals surface area contributed by atoms with Crippen LogP contribution in [-0.2, 0) is 16.0 Å². The van der Waals surface area contributed by atoms with Gasteiger partial charge in [-0.1, -0.05) is 53.4 Å². The van der Waals surface area contributed by atoms with Crippen molar-refractivity contribution in [3.63, 3.8) is 0 Å². The molecule has 1 aromatic rings. The second-order valence-corrected chi connectivity index (χ2v) is 6.38. The second-order valence-electron chi connectivity index (χ2n) is 5.53. The molecule has 4 nitrogen and oxygen atoms in total. The fourth-order valence-corrected chi connectivity index (χ4v) is 3.18. The van der Waals surface area contributed by atoms with E-state index in [0.29, 0.717) is 0 Å². The van der Waals surface area contributed by atoms with Crippen molar-refractivity contribution in [2.24, 2.45) is 5.92 Å². The van der Waals surface area contributed by atoms with Gasteiger partial charge in [-0.2, -0.15) is 0 Å². The van der Waals surface area contributed by atoms with Crippen LogP contribution < -0.4 is 5.32 Å². The maximum atomic E-state index is 12.2. The first kappa shape index (κ1) is 16.0. The highest BCUT2D eigenvalue weighted by molar-refractivity contribution is 9.10. The van der Waals surface area contributed by atoms with E-state index in [0.717, 1.165) is 35.7 Å². The lowest BCUT2D eigenvalue weighted by molar-refractivity contribution is -0.142.